The molecule has 0 amide bonds. The number of halogens is 1. The van der Waals surface area contributed by atoms with Gasteiger partial charge < -0.3 is 14.3 Å². The topological polar surface area (TPSA) is 89.9 Å². The van der Waals surface area contributed by atoms with Gasteiger partial charge in [-0.05, 0) is 67.6 Å². The van der Waals surface area contributed by atoms with Crippen LogP contribution in [0.4, 0.5) is 0 Å². The van der Waals surface area contributed by atoms with Gasteiger partial charge in [0.25, 0.3) is 0 Å². The van der Waals surface area contributed by atoms with Crippen molar-refractivity contribution in [3.8, 4) is 16.9 Å². The lowest BCUT2D eigenvalue weighted by Crippen LogP contribution is -2.07. The lowest BCUT2D eigenvalue weighted by Gasteiger charge is -2.12. The van der Waals surface area contributed by atoms with Crippen LogP contribution in [0.1, 0.15) is 25.0 Å². The van der Waals surface area contributed by atoms with E-state index in [1.165, 1.54) is 0 Å². The molecule has 5 aromatic rings. The van der Waals surface area contributed by atoms with Crippen LogP contribution in [0.5, 0.6) is 5.75 Å². The Labute approximate surface area is 214 Å². The SMILES string of the molecule is Cc1cn(CCCOc2ccc(-c3cccc(S(=O)(=O)C4CC4)c3)c3c2[nH]c2ncc(Cl)cc23)cn1. The molecule has 1 fully saturated rings. The summed E-state index contributed by atoms with van der Waals surface area (Å²) in [5, 5.41) is 2.04. The maximum atomic E-state index is 12.9. The number of fused-ring (bicyclic) bond motifs is 3. The molecule has 1 aliphatic carbocycles. The summed E-state index contributed by atoms with van der Waals surface area (Å²) < 4.78 is 34.0. The Morgan fingerprint density at radius 3 is 2.81 bits per heavy atom. The highest BCUT2D eigenvalue weighted by Crippen LogP contribution is 2.41. The molecule has 0 unspecified atom stereocenters. The third kappa shape index (κ3) is 4.24. The first-order valence-electron chi connectivity index (χ1n) is 12.0. The van der Waals surface area contributed by atoms with Crippen molar-refractivity contribution in [2.24, 2.45) is 0 Å². The van der Waals surface area contributed by atoms with Crippen LogP contribution in [0.2, 0.25) is 5.02 Å². The van der Waals surface area contributed by atoms with Gasteiger partial charge in [0.05, 0.1) is 39.3 Å². The Morgan fingerprint density at radius 1 is 1.17 bits per heavy atom. The molecule has 0 spiro atoms. The highest BCUT2D eigenvalue weighted by Gasteiger charge is 2.37. The molecule has 3 heterocycles. The van der Waals surface area contributed by atoms with Gasteiger partial charge in [-0.1, -0.05) is 23.7 Å². The zero-order valence-electron chi connectivity index (χ0n) is 19.7. The van der Waals surface area contributed by atoms with E-state index in [1.807, 2.05) is 43.7 Å². The highest BCUT2D eigenvalue weighted by molar-refractivity contribution is 7.92. The van der Waals surface area contributed by atoms with Crippen molar-refractivity contribution in [2.45, 2.75) is 42.9 Å². The fourth-order valence-corrected chi connectivity index (χ4v) is 6.49. The minimum Gasteiger partial charge on any atom is -0.491 e. The summed E-state index contributed by atoms with van der Waals surface area (Å²) >= 11 is 6.31. The summed E-state index contributed by atoms with van der Waals surface area (Å²) in [5.74, 6) is 0.714. The van der Waals surface area contributed by atoms with Gasteiger partial charge in [-0.3, -0.25) is 0 Å². The molecule has 7 nitrogen and oxygen atoms in total. The molecule has 0 radical (unpaired) electrons. The Balaban J connectivity index is 1.39. The van der Waals surface area contributed by atoms with E-state index in [1.54, 1.807) is 24.4 Å². The fraction of sp³-hybridized carbons (Fsp3) is 0.259. The molecule has 184 valence electrons. The molecule has 0 saturated heterocycles. The monoisotopic (exact) mass is 520 g/mol. The lowest BCUT2D eigenvalue weighted by molar-refractivity contribution is 0.304. The number of hydrogen-bond acceptors (Lipinski definition) is 5. The van der Waals surface area contributed by atoms with E-state index in [2.05, 4.69) is 19.5 Å². The second kappa shape index (κ2) is 8.94. The van der Waals surface area contributed by atoms with Crippen LogP contribution in [0.15, 0.2) is 66.1 Å². The maximum absolute atomic E-state index is 12.9. The van der Waals surface area contributed by atoms with Crippen molar-refractivity contribution in [1.29, 1.82) is 0 Å². The summed E-state index contributed by atoms with van der Waals surface area (Å²) in [6.45, 7) is 3.32. The molecule has 3 aromatic heterocycles. The van der Waals surface area contributed by atoms with Crippen molar-refractivity contribution in [2.75, 3.05) is 6.61 Å². The van der Waals surface area contributed by atoms with E-state index in [0.717, 1.165) is 58.9 Å². The largest absolute Gasteiger partial charge is 0.491 e. The lowest BCUT2D eigenvalue weighted by atomic mass is 9.99. The first-order valence-corrected chi connectivity index (χ1v) is 13.9. The van der Waals surface area contributed by atoms with Gasteiger partial charge in [0.2, 0.25) is 0 Å². The van der Waals surface area contributed by atoms with Gasteiger partial charge in [-0.25, -0.2) is 18.4 Å². The van der Waals surface area contributed by atoms with Crippen molar-refractivity contribution in [3.63, 3.8) is 0 Å². The molecule has 0 bridgehead atoms. The Kier molecular flexibility index (Phi) is 5.73. The number of aryl methyl sites for hydroxylation is 2. The third-order valence-corrected chi connectivity index (χ3v) is 9.02. The summed E-state index contributed by atoms with van der Waals surface area (Å²) in [6, 6.07) is 13.0. The van der Waals surface area contributed by atoms with Crippen LogP contribution in [0.3, 0.4) is 0 Å². The average molecular weight is 521 g/mol. The summed E-state index contributed by atoms with van der Waals surface area (Å²) in [4.78, 5) is 12.5. The summed E-state index contributed by atoms with van der Waals surface area (Å²) in [6.07, 6.45) is 7.73. The predicted octanol–water partition coefficient (Wildman–Crippen LogP) is 5.95. The number of pyridine rings is 1. The number of benzene rings is 2. The van der Waals surface area contributed by atoms with Crippen molar-refractivity contribution in [3.05, 3.63) is 71.9 Å². The van der Waals surface area contributed by atoms with Crippen LogP contribution in [0.25, 0.3) is 33.1 Å². The number of aromatic nitrogens is 4. The van der Waals surface area contributed by atoms with Crippen molar-refractivity contribution >= 4 is 43.4 Å². The van der Waals surface area contributed by atoms with Crippen molar-refractivity contribution < 1.29 is 13.2 Å². The second-order valence-corrected chi connectivity index (χ2v) is 11.9. The van der Waals surface area contributed by atoms with Crippen LogP contribution in [-0.2, 0) is 16.4 Å². The minimum atomic E-state index is -3.30. The average Bonchev–Trinajstić information content (AvgIpc) is 3.56. The normalized spacial score (nSPS) is 14.1. The van der Waals surface area contributed by atoms with E-state index >= 15 is 0 Å². The first kappa shape index (κ1) is 23.1. The first-order chi connectivity index (χ1) is 17.4. The second-order valence-electron chi connectivity index (χ2n) is 9.26. The summed E-state index contributed by atoms with van der Waals surface area (Å²) in [7, 11) is -3.30. The molecule has 6 rings (SSSR count). The highest BCUT2D eigenvalue weighted by atomic mass is 35.5. The van der Waals surface area contributed by atoms with E-state index in [9.17, 15) is 8.42 Å². The molecule has 0 atom stereocenters. The molecular formula is C27H25ClN4O3S. The maximum Gasteiger partial charge on any atom is 0.181 e. The fourth-order valence-electron chi connectivity index (χ4n) is 4.63. The van der Waals surface area contributed by atoms with E-state index in [4.69, 9.17) is 16.3 Å². The van der Waals surface area contributed by atoms with Gasteiger partial charge in [0.1, 0.15) is 11.4 Å². The number of hydrogen-bond donors (Lipinski definition) is 1. The Hall–Kier alpha value is -3.36. The smallest absolute Gasteiger partial charge is 0.181 e. The number of H-pyrrole nitrogens is 1. The molecule has 1 aliphatic rings. The number of nitrogens with zero attached hydrogens (tertiary/aromatic N) is 3. The standard InChI is InChI=1S/C27H25ClN4O3S/c1-17-15-32(16-30-17)10-3-11-35-24-9-8-22(25-23-13-19(28)14-29-27(23)31-26(24)25)18-4-2-5-21(12-18)36(33,34)20-6-7-20/h2,4-5,8-9,12-16,20H,3,6-7,10-11H2,1H3,(H,29,31). The van der Waals surface area contributed by atoms with Crippen LogP contribution >= 0.6 is 11.6 Å². The van der Waals surface area contributed by atoms with Gasteiger partial charge in [0, 0.05) is 29.7 Å². The van der Waals surface area contributed by atoms with Gasteiger partial charge in [-0.15, -0.1) is 0 Å². The number of nitrogens with one attached hydrogen (secondary N) is 1. The van der Waals surface area contributed by atoms with Gasteiger partial charge >= 0.3 is 0 Å². The van der Waals surface area contributed by atoms with Crippen molar-refractivity contribution in [1.82, 2.24) is 19.5 Å². The van der Waals surface area contributed by atoms with Crippen LogP contribution in [0, 0.1) is 6.92 Å². The Bertz CT molecular complexity index is 1700. The number of sulfone groups is 1. The van der Waals surface area contributed by atoms with E-state index in [0.29, 0.717) is 27.9 Å². The molecule has 36 heavy (non-hydrogen) atoms. The van der Waals surface area contributed by atoms with Gasteiger partial charge in [-0.2, -0.15) is 0 Å². The molecular weight excluding hydrogens is 496 g/mol. The number of rotatable bonds is 8. The quantitative estimate of drug-likeness (QED) is 0.255. The Morgan fingerprint density at radius 2 is 2.03 bits per heavy atom. The summed E-state index contributed by atoms with van der Waals surface area (Å²) in [5.41, 5.74) is 4.22. The zero-order chi connectivity index (χ0) is 24.9. The molecule has 1 saturated carbocycles. The number of aromatic amines is 1. The predicted molar refractivity (Wildman–Crippen MR) is 141 cm³/mol. The number of imidazole rings is 1. The zero-order valence-corrected chi connectivity index (χ0v) is 21.3. The third-order valence-electron chi connectivity index (χ3n) is 6.55. The van der Waals surface area contributed by atoms with E-state index in [-0.39, 0.29) is 5.25 Å². The van der Waals surface area contributed by atoms with Crippen LogP contribution in [-0.4, -0.2) is 39.8 Å². The number of ether oxygens (including phenoxy) is 1. The molecule has 9 heteroatoms. The van der Waals surface area contributed by atoms with E-state index < -0.39 is 9.84 Å². The molecule has 2 aromatic carbocycles. The van der Waals surface area contributed by atoms with Gasteiger partial charge in [0.15, 0.2) is 9.84 Å². The molecule has 1 N–H and O–H groups in total. The minimum absolute atomic E-state index is 0.258. The molecule has 0 aliphatic heterocycles. The van der Waals surface area contributed by atoms with Crippen LogP contribution < -0.4 is 4.74 Å².